The molecule has 1 fully saturated rings. The zero-order valence-electron chi connectivity index (χ0n) is 9.96. The van der Waals surface area contributed by atoms with Gasteiger partial charge in [0.05, 0.1) is 0 Å². The molecule has 0 aromatic heterocycles. The minimum absolute atomic E-state index is 0.205. The molecule has 3 heteroatoms. The first-order valence-corrected chi connectivity index (χ1v) is 6.43. The number of nitrogens with one attached hydrogen (secondary N) is 1. The molecule has 88 valence electrons. The molecular formula is C13H18BrNO. The normalized spacial score (nSPS) is 27.2. The van der Waals surface area contributed by atoms with Gasteiger partial charge in [0.2, 0.25) is 0 Å². The molecule has 0 aliphatic heterocycles. The lowest BCUT2D eigenvalue weighted by atomic mass is 9.64. The Labute approximate surface area is 106 Å². The van der Waals surface area contributed by atoms with Crippen LogP contribution in [0, 0.1) is 5.41 Å². The highest BCUT2D eigenvalue weighted by Crippen LogP contribution is 2.42. The predicted octanol–water partition coefficient (Wildman–Crippen LogP) is 3.21. The molecule has 1 aromatic rings. The van der Waals surface area contributed by atoms with E-state index in [1.807, 2.05) is 31.3 Å². The van der Waals surface area contributed by atoms with Crippen LogP contribution < -0.4 is 10.1 Å². The molecule has 1 saturated carbocycles. The van der Waals surface area contributed by atoms with Crippen LogP contribution in [0.3, 0.4) is 0 Å². The summed E-state index contributed by atoms with van der Waals surface area (Å²) in [5, 5.41) is 3.33. The molecule has 2 nitrogen and oxygen atoms in total. The van der Waals surface area contributed by atoms with E-state index in [1.165, 1.54) is 0 Å². The van der Waals surface area contributed by atoms with Gasteiger partial charge in [-0.25, -0.2) is 0 Å². The Morgan fingerprint density at radius 1 is 1.44 bits per heavy atom. The molecule has 0 saturated heterocycles. The maximum Gasteiger partial charge on any atom is 0.120 e. The number of benzene rings is 1. The summed E-state index contributed by atoms with van der Waals surface area (Å²) in [7, 11) is 2.02. The lowest BCUT2D eigenvalue weighted by molar-refractivity contribution is -0.0521. The summed E-state index contributed by atoms with van der Waals surface area (Å²) in [5.74, 6) is 0.946. The van der Waals surface area contributed by atoms with Crippen LogP contribution in [0.25, 0.3) is 0 Å². The number of hydrogen-bond acceptors (Lipinski definition) is 2. The molecule has 0 spiro atoms. The first-order chi connectivity index (χ1) is 7.54. The highest BCUT2D eigenvalue weighted by atomic mass is 79.9. The van der Waals surface area contributed by atoms with Crippen molar-refractivity contribution in [1.82, 2.24) is 5.32 Å². The Hall–Kier alpha value is -0.540. The van der Waals surface area contributed by atoms with Crippen molar-refractivity contribution in [2.24, 2.45) is 5.41 Å². The predicted molar refractivity (Wildman–Crippen MR) is 69.8 cm³/mol. The van der Waals surface area contributed by atoms with E-state index in [0.717, 1.165) is 16.6 Å². The van der Waals surface area contributed by atoms with Crippen LogP contribution in [0.5, 0.6) is 5.75 Å². The van der Waals surface area contributed by atoms with Crippen molar-refractivity contribution in [3.05, 3.63) is 28.7 Å². The molecule has 0 radical (unpaired) electrons. The minimum Gasteiger partial charge on any atom is -0.490 e. The van der Waals surface area contributed by atoms with Gasteiger partial charge < -0.3 is 10.1 Å². The zero-order chi connectivity index (χ0) is 11.8. The Morgan fingerprint density at radius 3 is 2.75 bits per heavy atom. The van der Waals surface area contributed by atoms with Crippen molar-refractivity contribution >= 4 is 15.9 Å². The van der Waals surface area contributed by atoms with Gasteiger partial charge in [0.25, 0.3) is 0 Å². The molecule has 1 N–H and O–H groups in total. The van der Waals surface area contributed by atoms with Crippen LogP contribution in [-0.2, 0) is 0 Å². The van der Waals surface area contributed by atoms with Crippen LogP contribution in [0.2, 0.25) is 0 Å². The second-order valence-electron chi connectivity index (χ2n) is 4.96. The summed E-state index contributed by atoms with van der Waals surface area (Å²) < 4.78 is 7.07. The number of hydrogen-bond donors (Lipinski definition) is 1. The first kappa shape index (κ1) is 11.9. The molecule has 2 atom stereocenters. The van der Waals surface area contributed by atoms with Crippen LogP contribution in [-0.4, -0.2) is 19.2 Å². The fourth-order valence-electron chi connectivity index (χ4n) is 2.28. The van der Waals surface area contributed by atoms with Gasteiger partial charge in [-0.2, -0.15) is 0 Å². The molecule has 16 heavy (non-hydrogen) atoms. The Kier molecular flexibility index (Phi) is 3.27. The largest absolute Gasteiger partial charge is 0.490 e. The molecule has 2 rings (SSSR count). The lowest BCUT2D eigenvalue weighted by Crippen LogP contribution is -2.61. The minimum atomic E-state index is 0.205. The van der Waals surface area contributed by atoms with Gasteiger partial charge in [0.15, 0.2) is 0 Å². The van der Waals surface area contributed by atoms with Crippen molar-refractivity contribution in [1.29, 1.82) is 0 Å². The topological polar surface area (TPSA) is 21.3 Å². The van der Waals surface area contributed by atoms with E-state index in [1.54, 1.807) is 0 Å². The zero-order valence-corrected chi connectivity index (χ0v) is 11.5. The number of rotatable bonds is 3. The van der Waals surface area contributed by atoms with Crippen molar-refractivity contribution in [3.63, 3.8) is 0 Å². The van der Waals surface area contributed by atoms with E-state index in [-0.39, 0.29) is 5.41 Å². The Balaban J connectivity index is 2.02. The van der Waals surface area contributed by atoms with E-state index in [0.29, 0.717) is 12.1 Å². The summed E-state index contributed by atoms with van der Waals surface area (Å²) >= 11 is 3.45. The summed E-state index contributed by atoms with van der Waals surface area (Å²) in [6, 6.07) is 8.59. The fraction of sp³-hybridized carbons (Fsp3) is 0.538. The van der Waals surface area contributed by atoms with Gasteiger partial charge in [-0.15, -0.1) is 0 Å². The maximum absolute atomic E-state index is 6.01. The van der Waals surface area contributed by atoms with Gasteiger partial charge in [0, 0.05) is 22.4 Å². The van der Waals surface area contributed by atoms with Crippen LogP contribution in [0.4, 0.5) is 0 Å². The number of ether oxygens (including phenoxy) is 1. The Bertz CT molecular complexity index is 378. The third kappa shape index (κ3) is 2.11. The van der Waals surface area contributed by atoms with Crippen molar-refractivity contribution in [2.75, 3.05) is 7.05 Å². The van der Waals surface area contributed by atoms with Crippen molar-refractivity contribution in [3.8, 4) is 5.75 Å². The van der Waals surface area contributed by atoms with Crippen molar-refractivity contribution < 1.29 is 4.74 Å². The average molecular weight is 284 g/mol. The molecule has 0 heterocycles. The highest BCUT2D eigenvalue weighted by molar-refractivity contribution is 9.10. The van der Waals surface area contributed by atoms with Crippen molar-refractivity contribution in [2.45, 2.75) is 32.4 Å². The summed E-state index contributed by atoms with van der Waals surface area (Å²) in [6.07, 6.45) is 1.38. The van der Waals surface area contributed by atoms with E-state index in [2.05, 4.69) is 35.1 Å². The third-order valence-electron chi connectivity index (χ3n) is 3.60. The smallest absolute Gasteiger partial charge is 0.120 e. The monoisotopic (exact) mass is 283 g/mol. The fourth-order valence-corrected chi connectivity index (χ4v) is 2.66. The quantitative estimate of drug-likeness (QED) is 0.920. The second kappa shape index (κ2) is 4.38. The number of halogens is 1. The molecule has 1 aliphatic rings. The summed E-state index contributed by atoms with van der Waals surface area (Å²) in [6.45, 7) is 4.50. The molecule has 0 amide bonds. The van der Waals surface area contributed by atoms with Gasteiger partial charge in [-0.05, 0) is 25.2 Å². The van der Waals surface area contributed by atoms with Gasteiger partial charge in [0.1, 0.15) is 11.9 Å². The van der Waals surface area contributed by atoms with Crippen LogP contribution in [0.1, 0.15) is 20.3 Å². The first-order valence-electron chi connectivity index (χ1n) is 5.63. The van der Waals surface area contributed by atoms with Gasteiger partial charge in [-0.3, -0.25) is 0 Å². The molecule has 1 aliphatic carbocycles. The van der Waals surface area contributed by atoms with Gasteiger partial charge in [-0.1, -0.05) is 35.8 Å². The molecule has 2 unspecified atom stereocenters. The summed E-state index contributed by atoms with van der Waals surface area (Å²) in [5.41, 5.74) is 0.205. The molecular weight excluding hydrogens is 266 g/mol. The van der Waals surface area contributed by atoms with E-state index >= 15 is 0 Å². The maximum atomic E-state index is 6.01. The van der Waals surface area contributed by atoms with E-state index in [4.69, 9.17) is 4.74 Å². The van der Waals surface area contributed by atoms with E-state index < -0.39 is 0 Å². The Morgan fingerprint density at radius 2 is 2.19 bits per heavy atom. The third-order valence-corrected chi connectivity index (χ3v) is 4.09. The lowest BCUT2D eigenvalue weighted by Gasteiger charge is -2.51. The molecule has 1 aromatic carbocycles. The molecule has 0 bridgehead atoms. The average Bonchev–Trinajstić information content (AvgIpc) is 2.23. The van der Waals surface area contributed by atoms with Gasteiger partial charge >= 0.3 is 0 Å². The van der Waals surface area contributed by atoms with Crippen LogP contribution in [0.15, 0.2) is 28.7 Å². The SMILES string of the molecule is CNC1CC(Oc2cccc(Br)c2)C1(C)C. The highest BCUT2D eigenvalue weighted by Gasteiger charge is 2.49. The standard InChI is InChI=1S/C13H18BrNO/c1-13(2)11(15-3)8-12(13)16-10-6-4-5-9(14)7-10/h4-7,11-12,15H,8H2,1-3H3. The summed E-state index contributed by atoms with van der Waals surface area (Å²) in [4.78, 5) is 0. The van der Waals surface area contributed by atoms with E-state index in [9.17, 15) is 0 Å². The second-order valence-corrected chi connectivity index (χ2v) is 5.88. The van der Waals surface area contributed by atoms with Crippen LogP contribution >= 0.6 is 15.9 Å².